The first-order valence-electron chi connectivity index (χ1n) is 7.14. The summed E-state index contributed by atoms with van der Waals surface area (Å²) in [5, 5.41) is 2.76. The number of fused-ring (bicyclic) bond motifs is 1. The maximum Gasteiger partial charge on any atom is 0.235 e. The van der Waals surface area contributed by atoms with Crippen LogP contribution in [-0.2, 0) is 11.3 Å². The molecule has 0 bridgehead atoms. The van der Waals surface area contributed by atoms with E-state index in [1.165, 1.54) is 12.1 Å². The third-order valence-corrected chi connectivity index (χ3v) is 3.80. The molecule has 4 nitrogen and oxygen atoms in total. The van der Waals surface area contributed by atoms with Crippen molar-refractivity contribution in [2.45, 2.75) is 13.5 Å². The normalized spacial score (nSPS) is 10.9. The summed E-state index contributed by atoms with van der Waals surface area (Å²) in [5.41, 5.74) is 4.18. The monoisotopic (exact) mass is 331 g/mol. The zero-order chi connectivity index (χ0) is 16.4. The lowest BCUT2D eigenvalue weighted by atomic mass is 10.1. The van der Waals surface area contributed by atoms with Crippen LogP contribution >= 0.6 is 11.6 Å². The lowest BCUT2D eigenvalue weighted by Crippen LogP contribution is -2.24. The van der Waals surface area contributed by atoms with Crippen molar-refractivity contribution in [3.8, 4) is 11.3 Å². The van der Waals surface area contributed by atoms with E-state index in [1.807, 2.05) is 29.7 Å². The molecule has 1 amide bonds. The summed E-state index contributed by atoms with van der Waals surface area (Å²) in [5.74, 6) is -0.647. The van der Waals surface area contributed by atoms with E-state index in [4.69, 9.17) is 11.6 Å². The third kappa shape index (κ3) is 3.19. The molecule has 2 aromatic heterocycles. The maximum atomic E-state index is 13.2. The summed E-state index contributed by atoms with van der Waals surface area (Å²) >= 11 is 5.53. The van der Waals surface area contributed by atoms with Gasteiger partial charge in [0.1, 0.15) is 17.3 Å². The quantitative estimate of drug-likeness (QED) is 0.746. The molecule has 6 heteroatoms. The first-order valence-corrected chi connectivity index (χ1v) is 7.68. The van der Waals surface area contributed by atoms with Crippen LogP contribution in [0.1, 0.15) is 11.3 Å². The number of hydrogen-bond donors (Lipinski definition) is 1. The number of pyridine rings is 1. The van der Waals surface area contributed by atoms with Crippen LogP contribution in [0.2, 0.25) is 0 Å². The summed E-state index contributed by atoms with van der Waals surface area (Å²) in [6.45, 7) is 2.28. The molecule has 1 N–H and O–H groups in total. The molecule has 0 fully saturated rings. The molecule has 0 aliphatic rings. The van der Waals surface area contributed by atoms with Crippen LogP contribution in [0.15, 0.2) is 42.6 Å². The van der Waals surface area contributed by atoms with Crippen LogP contribution < -0.4 is 5.32 Å². The summed E-state index contributed by atoms with van der Waals surface area (Å²) in [6, 6.07) is 10.0. The minimum absolute atomic E-state index is 0.0956. The van der Waals surface area contributed by atoms with Crippen molar-refractivity contribution < 1.29 is 9.18 Å². The van der Waals surface area contributed by atoms with Crippen molar-refractivity contribution in [3.05, 3.63) is 59.7 Å². The molecule has 23 heavy (non-hydrogen) atoms. The molecule has 3 aromatic rings. The van der Waals surface area contributed by atoms with Gasteiger partial charge in [0, 0.05) is 11.8 Å². The summed E-state index contributed by atoms with van der Waals surface area (Å²) in [4.78, 5) is 16.1. The Morgan fingerprint density at radius 2 is 2.00 bits per heavy atom. The molecule has 0 aliphatic carbocycles. The molecule has 0 unspecified atom stereocenters. The van der Waals surface area contributed by atoms with E-state index in [9.17, 15) is 9.18 Å². The highest BCUT2D eigenvalue weighted by atomic mass is 35.5. The number of nitrogens with one attached hydrogen (secondary N) is 1. The zero-order valence-electron chi connectivity index (χ0n) is 12.5. The van der Waals surface area contributed by atoms with Gasteiger partial charge in [0.2, 0.25) is 5.91 Å². The molecule has 1 aromatic carbocycles. The number of carbonyl (C=O) groups excluding carboxylic acids is 1. The number of aromatic nitrogens is 2. The Morgan fingerprint density at radius 3 is 2.70 bits per heavy atom. The Bertz CT molecular complexity index is 858. The number of nitrogens with zero attached hydrogens (tertiary/aromatic N) is 2. The summed E-state index contributed by atoms with van der Waals surface area (Å²) in [7, 11) is 0. The molecule has 2 heterocycles. The van der Waals surface area contributed by atoms with Gasteiger partial charge in [0.25, 0.3) is 0 Å². The fourth-order valence-electron chi connectivity index (χ4n) is 2.44. The Hall–Kier alpha value is -2.40. The average Bonchev–Trinajstić information content (AvgIpc) is 2.91. The molecule has 3 rings (SSSR count). The SMILES string of the molecule is Cc1ccc2nc(-c3ccc(F)cc3)c(CNC(=O)CCl)n2c1. The standard InChI is InChI=1S/C17H15ClFN3O/c1-11-2-7-15-21-17(12-3-5-13(19)6-4-12)14(22(15)10-11)9-20-16(23)8-18/h2-7,10H,8-9H2,1H3,(H,20,23). The van der Waals surface area contributed by atoms with Gasteiger partial charge in [-0.3, -0.25) is 4.79 Å². The van der Waals surface area contributed by atoms with Crippen molar-refractivity contribution in [1.82, 2.24) is 14.7 Å². The van der Waals surface area contributed by atoms with Crippen LogP contribution in [0.3, 0.4) is 0 Å². The van der Waals surface area contributed by atoms with Crippen molar-refractivity contribution in [2.75, 3.05) is 5.88 Å². The summed E-state index contributed by atoms with van der Waals surface area (Å²) in [6.07, 6.45) is 1.96. The number of imidazole rings is 1. The van der Waals surface area contributed by atoms with E-state index in [0.29, 0.717) is 12.2 Å². The number of aryl methyl sites for hydroxylation is 1. The van der Waals surface area contributed by atoms with Gasteiger partial charge in [-0.15, -0.1) is 11.6 Å². The van der Waals surface area contributed by atoms with E-state index in [0.717, 1.165) is 22.5 Å². The summed E-state index contributed by atoms with van der Waals surface area (Å²) < 4.78 is 15.1. The van der Waals surface area contributed by atoms with E-state index < -0.39 is 0 Å². The largest absolute Gasteiger partial charge is 0.349 e. The molecule has 0 saturated heterocycles. The highest BCUT2D eigenvalue weighted by Crippen LogP contribution is 2.25. The number of amides is 1. The Labute approximate surface area is 137 Å². The van der Waals surface area contributed by atoms with Crippen molar-refractivity contribution >= 4 is 23.2 Å². The van der Waals surface area contributed by atoms with Gasteiger partial charge in [-0.25, -0.2) is 9.37 Å². The number of hydrogen-bond acceptors (Lipinski definition) is 2. The highest BCUT2D eigenvalue weighted by molar-refractivity contribution is 6.27. The van der Waals surface area contributed by atoms with E-state index >= 15 is 0 Å². The Balaban J connectivity index is 2.11. The van der Waals surface area contributed by atoms with Crippen LogP contribution in [0.5, 0.6) is 0 Å². The van der Waals surface area contributed by atoms with Crippen LogP contribution in [0, 0.1) is 12.7 Å². The smallest absolute Gasteiger partial charge is 0.235 e. The molecule has 118 valence electrons. The fraction of sp³-hybridized carbons (Fsp3) is 0.176. The lowest BCUT2D eigenvalue weighted by molar-refractivity contribution is -0.118. The minimum atomic E-state index is -0.301. The number of rotatable bonds is 4. The fourth-order valence-corrected chi connectivity index (χ4v) is 2.53. The second-order valence-electron chi connectivity index (χ2n) is 5.26. The minimum Gasteiger partial charge on any atom is -0.349 e. The van der Waals surface area contributed by atoms with Gasteiger partial charge in [-0.05, 0) is 42.8 Å². The van der Waals surface area contributed by atoms with E-state index in [1.54, 1.807) is 12.1 Å². The zero-order valence-corrected chi connectivity index (χ0v) is 13.3. The van der Waals surface area contributed by atoms with Gasteiger partial charge in [0.05, 0.1) is 17.9 Å². The van der Waals surface area contributed by atoms with E-state index in [2.05, 4.69) is 10.3 Å². The first-order chi connectivity index (χ1) is 11.1. The second kappa shape index (κ2) is 6.38. The van der Waals surface area contributed by atoms with Gasteiger partial charge < -0.3 is 9.72 Å². The maximum absolute atomic E-state index is 13.2. The van der Waals surface area contributed by atoms with Crippen molar-refractivity contribution in [3.63, 3.8) is 0 Å². The average molecular weight is 332 g/mol. The first kappa shape index (κ1) is 15.5. The molecule has 0 spiro atoms. The van der Waals surface area contributed by atoms with Crippen LogP contribution in [0.25, 0.3) is 16.9 Å². The van der Waals surface area contributed by atoms with Gasteiger partial charge in [0.15, 0.2) is 0 Å². The number of alkyl halides is 1. The number of halogens is 2. The van der Waals surface area contributed by atoms with Crippen LogP contribution in [-0.4, -0.2) is 21.2 Å². The number of carbonyl (C=O) groups is 1. The predicted molar refractivity (Wildman–Crippen MR) is 87.9 cm³/mol. The lowest BCUT2D eigenvalue weighted by Gasteiger charge is -2.07. The van der Waals surface area contributed by atoms with Gasteiger partial charge >= 0.3 is 0 Å². The van der Waals surface area contributed by atoms with E-state index in [-0.39, 0.29) is 17.6 Å². The van der Waals surface area contributed by atoms with Gasteiger partial charge in [-0.2, -0.15) is 0 Å². The Morgan fingerprint density at radius 1 is 1.26 bits per heavy atom. The van der Waals surface area contributed by atoms with Crippen LogP contribution in [0.4, 0.5) is 4.39 Å². The molecular formula is C17H15ClFN3O. The molecule has 0 atom stereocenters. The highest BCUT2D eigenvalue weighted by Gasteiger charge is 2.15. The molecule has 0 saturated carbocycles. The Kier molecular flexibility index (Phi) is 4.30. The number of benzene rings is 1. The van der Waals surface area contributed by atoms with Crippen molar-refractivity contribution in [1.29, 1.82) is 0 Å². The molecular weight excluding hydrogens is 317 g/mol. The molecule has 0 radical (unpaired) electrons. The van der Waals surface area contributed by atoms with Crippen molar-refractivity contribution in [2.24, 2.45) is 0 Å². The topological polar surface area (TPSA) is 46.4 Å². The third-order valence-electron chi connectivity index (χ3n) is 3.56. The van der Waals surface area contributed by atoms with Gasteiger partial charge in [-0.1, -0.05) is 6.07 Å². The second-order valence-corrected chi connectivity index (χ2v) is 5.53. The molecule has 0 aliphatic heterocycles. The predicted octanol–water partition coefficient (Wildman–Crippen LogP) is 3.30.